The molecule has 0 aromatic heterocycles. The Bertz CT molecular complexity index is 338. The average molecular weight is 249 g/mol. The number of hydrogen-bond acceptors (Lipinski definition) is 2. The molecule has 64 valence electrons. The molecule has 0 fully saturated rings. The number of nitrogen functional groups attached to an aromatic ring is 1. The number of nitrogens with two attached hydrogens (primary N) is 1. The van der Waals surface area contributed by atoms with Crippen molar-refractivity contribution < 1.29 is 4.79 Å². The summed E-state index contributed by atoms with van der Waals surface area (Å²) in [6.07, 6.45) is 0. The van der Waals surface area contributed by atoms with E-state index in [9.17, 15) is 4.79 Å². The molecule has 0 saturated heterocycles. The molecule has 1 rings (SSSR count). The standard InChI is InChI=1S/C8H7BrClNO/c1-4(12)7-5(9)2-3-6(11)8(7)10/h2-3H,11H2,1H3. The second-order valence-electron chi connectivity index (χ2n) is 2.38. The predicted octanol–water partition coefficient (Wildman–Crippen LogP) is 2.89. The lowest BCUT2D eigenvalue weighted by Gasteiger charge is -2.04. The maximum atomic E-state index is 11.1. The fourth-order valence-electron chi connectivity index (χ4n) is 0.891. The topological polar surface area (TPSA) is 43.1 Å². The summed E-state index contributed by atoms with van der Waals surface area (Å²) in [6.45, 7) is 1.45. The summed E-state index contributed by atoms with van der Waals surface area (Å²) in [4.78, 5) is 11.1. The summed E-state index contributed by atoms with van der Waals surface area (Å²) in [6, 6.07) is 3.36. The zero-order valence-electron chi connectivity index (χ0n) is 6.40. The summed E-state index contributed by atoms with van der Waals surface area (Å²) in [5.74, 6) is -0.0980. The predicted molar refractivity (Wildman–Crippen MR) is 53.6 cm³/mol. The maximum Gasteiger partial charge on any atom is 0.162 e. The van der Waals surface area contributed by atoms with Gasteiger partial charge in [0.15, 0.2) is 5.78 Å². The molecular formula is C8H7BrClNO. The highest BCUT2D eigenvalue weighted by molar-refractivity contribution is 9.10. The Balaban J connectivity index is 3.43. The van der Waals surface area contributed by atoms with Gasteiger partial charge in [0.05, 0.1) is 16.3 Å². The lowest BCUT2D eigenvalue weighted by Crippen LogP contribution is -1.98. The van der Waals surface area contributed by atoms with Crippen LogP contribution in [0.2, 0.25) is 5.02 Å². The molecule has 0 bridgehead atoms. The van der Waals surface area contributed by atoms with E-state index in [1.165, 1.54) is 6.92 Å². The summed E-state index contributed by atoms with van der Waals surface area (Å²) in [5.41, 5.74) is 6.39. The van der Waals surface area contributed by atoms with Gasteiger partial charge in [0, 0.05) is 4.47 Å². The Hall–Kier alpha value is -0.540. The van der Waals surface area contributed by atoms with Crippen LogP contribution in [0.5, 0.6) is 0 Å². The van der Waals surface area contributed by atoms with Gasteiger partial charge >= 0.3 is 0 Å². The molecule has 0 aliphatic heterocycles. The summed E-state index contributed by atoms with van der Waals surface area (Å²) < 4.78 is 0.675. The van der Waals surface area contributed by atoms with E-state index in [0.717, 1.165) is 0 Å². The first-order valence-electron chi connectivity index (χ1n) is 3.28. The van der Waals surface area contributed by atoms with Gasteiger partial charge in [-0.2, -0.15) is 0 Å². The lowest BCUT2D eigenvalue weighted by atomic mass is 10.1. The van der Waals surface area contributed by atoms with Crippen molar-refractivity contribution in [3.05, 3.63) is 27.2 Å². The smallest absolute Gasteiger partial charge is 0.162 e. The van der Waals surface area contributed by atoms with Crippen molar-refractivity contribution >= 4 is 39.0 Å². The van der Waals surface area contributed by atoms with Crippen LogP contribution in [0, 0.1) is 0 Å². The Morgan fingerprint density at radius 2 is 2.17 bits per heavy atom. The van der Waals surface area contributed by atoms with E-state index in [4.69, 9.17) is 17.3 Å². The average Bonchev–Trinajstić information content (AvgIpc) is 1.97. The number of carbonyl (C=O) groups is 1. The number of carbonyl (C=O) groups excluding carboxylic acids is 1. The van der Waals surface area contributed by atoms with Crippen molar-refractivity contribution in [1.29, 1.82) is 0 Å². The first kappa shape index (κ1) is 9.55. The normalized spacial score (nSPS) is 9.92. The van der Waals surface area contributed by atoms with E-state index in [2.05, 4.69) is 15.9 Å². The third-order valence-corrected chi connectivity index (χ3v) is 2.54. The van der Waals surface area contributed by atoms with Gasteiger partial charge in [0.25, 0.3) is 0 Å². The van der Waals surface area contributed by atoms with Crippen molar-refractivity contribution in [2.24, 2.45) is 0 Å². The summed E-state index contributed by atoms with van der Waals surface area (Å²) in [7, 11) is 0. The van der Waals surface area contributed by atoms with Crippen LogP contribution in [-0.4, -0.2) is 5.78 Å². The van der Waals surface area contributed by atoms with Crippen LogP contribution in [0.1, 0.15) is 17.3 Å². The molecule has 0 aliphatic carbocycles. The third-order valence-electron chi connectivity index (χ3n) is 1.47. The Labute approximate surface area is 83.8 Å². The summed E-state index contributed by atoms with van der Waals surface area (Å²) >= 11 is 9.04. The van der Waals surface area contributed by atoms with Crippen LogP contribution in [0.15, 0.2) is 16.6 Å². The van der Waals surface area contributed by atoms with Crippen LogP contribution in [0.25, 0.3) is 0 Å². The zero-order chi connectivity index (χ0) is 9.30. The van der Waals surface area contributed by atoms with Crippen LogP contribution in [-0.2, 0) is 0 Å². The van der Waals surface area contributed by atoms with E-state index in [-0.39, 0.29) is 5.78 Å². The van der Waals surface area contributed by atoms with Crippen molar-refractivity contribution in [1.82, 2.24) is 0 Å². The summed E-state index contributed by atoms with van der Waals surface area (Å²) in [5, 5.41) is 0.317. The van der Waals surface area contributed by atoms with Crippen molar-refractivity contribution in [2.75, 3.05) is 5.73 Å². The fraction of sp³-hybridized carbons (Fsp3) is 0.125. The van der Waals surface area contributed by atoms with Crippen molar-refractivity contribution in [3.63, 3.8) is 0 Å². The molecule has 2 N–H and O–H groups in total. The highest BCUT2D eigenvalue weighted by Crippen LogP contribution is 2.30. The van der Waals surface area contributed by atoms with Gasteiger partial charge in [0.2, 0.25) is 0 Å². The van der Waals surface area contributed by atoms with Gasteiger partial charge in [-0.1, -0.05) is 11.6 Å². The molecular weight excluding hydrogens is 241 g/mol. The fourth-order valence-corrected chi connectivity index (χ4v) is 1.91. The minimum absolute atomic E-state index is 0.0980. The highest BCUT2D eigenvalue weighted by Gasteiger charge is 2.11. The molecule has 1 aromatic carbocycles. The van der Waals surface area contributed by atoms with Gasteiger partial charge in [0.1, 0.15) is 0 Å². The Morgan fingerprint density at radius 1 is 1.58 bits per heavy atom. The highest BCUT2D eigenvalue weighted by atomic mass is 79.9. The largest absolute Gasteiger partial charge is 0.398 e. The van der Waals surface area contributed by atoms with E-state index in [1.54, 1.807) is 12.1 Å². The van der Waals surface area contributed by atoms with E-state index in [1.807, 2.05) is 0 Å². The third kappa shape index (κ3) is 1.62. The molecule has 0 atom stereocenters. The molecule has 12 heavy (non-hydrogen) atoms. The molecule has 4 heteroatoms. The number of benzene rings is 1. The number of anilines is 1. The molecule has 0 amide bonds. The zero-order valence-corrected chi connectivity index (χ0v) is 8.74. The second-order valence-corrected chi connectivity index (χ2v) is 3.61. The van der Waals surface area contributed by atoms with Crippen LogP contribution >= 0.6 is 27.5 Å². The van der Waals surface area contributed by atoms with E-state index in [0.29, 0.717) is 20.7 Å². The molecule has 2 nitrogen and oxygen atoms in total. The van der Waals surface area contributed by atoms with Crippen molar-refractivity contribution in [2.45, 2.75) is 6.92 Å². The van der Waals surface area contributed by atoms with E-state index < -0.39 is 0 Å². The molecule has 0 unspecified atom stereocenters. The van der Waals surface area contributed by atoms with E-state index >= 15 is 0 Å². The lowest BCUT2D eigenvalue weighted by molar-refractivity contribution is 0.101. The number of ketones is 1. The maximum absolute atomic E-state index is 11.1. The molecule has 0 heterocycles. The number of hydrogen-bond donors (Lipinski definition) is 1. The first-order valence-corrected chi connectivity index (χ1v) is 4.45. The van der Waals surface area contributed by atoms with Gasteiger partial charge < -0.3 is 5.73 Å². The van der Waals surface area contributed by atoms with Crippen LogP contribution in [0.3, 0.4) is 0 Å². The quantitative estimate of drug-likeness (QED) is 0.613. The number of Topliss-reactive ketones (excluding diaryl/α,β-unsaturated/α-hetero) is 1. The second kappa shape index (κ2) is 3.46. The molecule has 0 aliphatic rings. The van der Waals surface area contributed by atoms with Crippen molar-refractivity contribution in [3.8, 4) is 0 Å². The van der Waals surface area contributed by atoms with Crippen LogP contribution in [0.4, 0.5) is 5.69 Å². The Kier molecular flexibility index (Phi) is 2.75. The van der Waals surface area contributed by atoms with Gasteiger partial charge in [-0.15, -0.1) is 0 Å². The Morgan fingerprint density at radius 3 is 2.58 bits per heavy atom. The molecule has 0 radical (unpaired) electrons. The minimum Gasteiger partial charge on any atom is -0.398 e. The number of rotatable bonds is 1. The van der Waals surface area contributed by atoms with Crippen LogP contribution < -0.4 is 5.73 Å². The molecule has 0 spiro atoms. The van der Waals surface area contributed by atoms with Gasteiger partial charge in [-0.25, -0.2) is 0 Å². The molecule has 0 saturated carbocycles. The first-order chi connectivity index (χ1) is 5.54. The monoisotopic (exact) mass is 247 g/mol. The van der Waals surface area contributed by atoms with Gasteiger partial charge in [-0.3, -0.25) is 4.79 Å². The van der Waals surface area contributed by atoms with Gasteiger partial charge in [-0.05, 0) is 35.0 Å². The SMILES string of the molecule is CC(=O)c1c(Br)ccc(N)c1Cl. The molecule has 1 aromatic rings. The minimum atomic E-state index is -0.0980. The number of halogens is 2.